The maximum Gasteiger partial charge on any atom is 0.317 e. The minimum atomic E-state index is -0.0575. The van der Waals surface area contributed by atoms with Gasteiger partial charge in [0.15, 0.2) is 0 Å². The Morgan fingerprint density at radius 1 is 1.19 bits per heavy atom. The normalized spacial score (nSPS) is 16.3. The van der Waals surface area contributed by atoms with Crippen LogP contribution in [0.25, 0.3) is 0 Å². The highest BCUT2D eigenvalue weighted by molar-refractivity contribution is 5.74. The molecule has 1 aliphatic heterocycles. The second kappa shape index (κ2) is 9.02. The first kappa shape index (κ1) is 18.0. The largest absolute Gasteiger partial charge is 0.376 e. The van der Waals surface area contributed by atoms with Gasteiger partial charge in [0, 0.05) is 25.6 Å². The third-order valence-electron chi connectivity index (χ3n) is 4.54. The van der Waals surface area contributed by atoms with E-state index in [0.717, 1.165) is 25.1 Å². The Morgan fingerprint density at radius 3 is 2.81 bits per heavy atom. The molecule has 2 aromatic carbocycles. The van der Waals surface area contributed by atoms with Crippen LogP contribution in [0, 0.1) is 17.2 Å². The first-order valence-corrected chi connectivity index (χ1v) is 8.88. The molecule has 1 N–H and O–H groups in total. The van der Waals surface area contributed by atoms with Gasteiger partial charge in [-0.05, 0) is 29.7 Å². The van der Waals surface area contributed by atoms with Gasteiger partial charge in [0.05, 0.1) is 24.8 Å². The molecule has 1 aliphatic rings. The Labute approximate surface area is 154 Å². The number of likely N-dealkylation sites (tertiary alicyclic amines) is 1. The fraction of sp³-hybridized carbons (Fsp3) is 0.333. The number of carbonyl (C=O) groups excluding carboxylic acids is 1. The third kappa shape index (κ3) is 5.08. The maximum atomic E-state index is 12.3. The number of nitriles is 1. The van der Waals surface area contributed by atoms with Crippen LogP contribution in [0.1, 0.15) is 23.1 Å². The van der Waals surface area contributed by atoms with E-state index in [9.17, 15) is 4.79 Å². The minimum absolute atomic E-state index is 0.0575. The zero-order valence-corrected chi connectivity index (χ0v) is 14.7. The summed E-state index contributed by atoms with van der Waals surface area (Å²) in [6.07, 6.45) is 0.964. The Morgan fingerprint density at radius 2 is 2.00 bits per heavy atom. The quantitative estimate of drug-likeness (QED) is 0.870. The lowest BCUT2D eigenvalue weighted by Gasteiger charge is -2.17. The van der Waals surface area contributed by atoms with Gasteiger partial charge in [0.2, 0.25) is 0 Å². The fourth-order valence-electron chi connectivity index (χ4n) is 3.11. The van der Waals surface area contributed by atoms with E-state index >= 15 is 0 Å². The van der Waals surface area contributed by atoms with E-state index in [1.165, 1.54) is 5.56 Å². The third-order valence-corrected chi connectivity index (χ3v) is 4.54. The van der Waals surface area contributed by atoms with Crippen LogP contribution < -0.4 is 5.32 Å². The van der Waals surface area contributed by atoms with E-state index in [-0.39, 0.29) is 6.03 Å². The fourth-order valence-corrected chi connectivity index (χ4v) is 3.11. The van der Waals surface area contributed by atoms with Crippen LogP contribution in [0.4, 0.5) is 4.79 Å². The molecule has 0 aromatic heterocycles. The SMILES string of the molecule is N#Cc1cccc(CNC(=O)N2CC[C@@H](COCc3ccccc3)C2)c1. The highest BCUT2D eigenvalue weighted by Gasteiger charge is 2.26. The zero-order chi connectivity index (χ0) is 18.2. The smallest absolute Gasteiger partial charge is 0.317 e. The predicted octanol–water partition coefficient (Wildman–Crippen LogP) is 3.31. The maximum absolute atomic E-state index is 12.3. The molecule has 134 valence electrons. The molecule has 1 fully saturated rings. The second-order valence-corrected chi connectivity index (χ2v) is 6.57. The van der Waals surface area contributed by atoms with Crippen molar-refractivity contribution < 1.29 is 9.53 Å². The molecule has 0 saturated carbocycles. The van der Waals surface area contributed by atoms with Crippen molar-refractivity contribution in [2.45, 2.75) is 19.6 Å². The number of urea groups is 1. The van der Waals surface area contributed by atoms with Crippen molar-refractivity contribution in [1.29, 1.82) is 5.26 Å². The Hall–Kier alpha value is -2.84. The summed E-state index contributed by atoms with van der Waals surface area (Å²) in [5, 5.41) is 11.9. The number of hydrogen-bond acceptors (Lipinski definition) is 3. The van der Waals surface area contributed by atoms with Gasteiger partial charge in [0.1, 0.15) is 0 Å². The predicted molar refractivity (Wildman–Crippen MR) is 99.2 cm³/mol. The average Bonchev–Trinajstić information content (AvgIpc) is 3.16. The minimum Gasteiger partial charge on any atom is -0.376 e. The monoisotopic (exact) mass is 349 g/mol. The number of benzene rings is 2. The van der Waals surface area contributed by atoms with Crippen LogP contribution in [0.2, 0.25) is 0 Å². The number of amides is 2. The van der Waals surface area contributed by atoms with Crippen molar-refractivity contribution in [3.8, 4) is 6.07 Å². The molecule has 0 aliphatic carbocycles. The molecule has 0 bridgehead atoms. The first-order valence-electron chi connectivity index (χ1n) is 8.88. The standard InChI is InChI=1S/C21H23N3O2/c22-12-18-7-4-8-19(11-18)13-23-21(25)24-10-9-20(14-24)16-26-15-17-5-2-1-3-6-17/h1-8,11,20H,9-10,13-16H2,(H,23,25)/t20-/m1/s1. The lowest BCUT2D eigenvalue weighted by molar-refractivity contribution is 0.0897. The van der Waals surface area contributed by atoms with Gasteiger partial charge >= 0.3 is 6.03 Å². The Kier molecular flexibility index (Phi) is 6.24. The molecule has 2 aromatic rings. The van der Waals surface area contributed by atoms with E-state index in [2.05, 4.69) is 23.5 Å². The highest BCUT2D eigenvalue weighted by Crippen LogP contribution is 2.17. The number of hydrogen-bond donors (Lipinski definition) is 1. The van der Waals surface area contributed by atoms with E-state index in [1.54, 1.807) is 12.1 Å². The molecule has 1 heterocycles. The number of carbonyl (C=O) groups is 1. The van der Waals surface area contributed by atoms with E-state index in [4.69, 9.17) is 10.00 Å². The van der Waals surface area contributed by atoms with Crippen molar-refractivity contribution in [1.82, 2.24) is 10.2 Å². The molecule has 2 amide bonds. The molecule has 26 heavy (non-hydrogen) atoms. The zero-order valence-electron chi connectivity index (χ0n) is 14.7. The Balaban J connectivity index is 1.39. The number of nitrogens with zero attached hydrogens (tertiary/aromatic N) is 2. The topological polar surface area (TPSA) is 65.4 Å². The van der Waals surface area contributed by atoms with Crippen molar-refractivity contribution >= 4 is 6.03 Å². The molecule has 0 unspecified atom stereocenters. The van der Waals surface area contributed by atoms with Gasteiger partial charge in [-0.1, -0.05) is 42.5 Å². The lowest BCUT2D eigenvalue weighted by Crippen LogP contribution is -2.38. The molecular weight excluding hydrogens is 326 g/mol. The molecule has 3 rings (SSSR count). The van der Waals surface area contributed by atoms with Crippen molar-refractivity contribution in [2.75, 3.05) is 19.7 Å². The molecule has 5 heteroatoms. The van der Waals surface area contributed by atoms with Gasteiger partial charge in [-0.3, -0.25) is 0 Å². The molecule has 1 saturated heterocycles. The number of ether oxygens (including phenoxy) is 1. The van der Waals surface area contributed by atoms with Gasteiger partial charge in [-0.2, -0.15) is 5.26 Å². The molecule has 0 spiro atoms. The van der Waals surface area contributed by atoms with Crippen molar-refractivity contribution in [3.63, 3.8) is 0 Å². The van der Waals surface area contributed by atoms with Crippen LogP contribution in [0.3, 0.4) is 0 Å². The van der Waals surface area contributed by atoms with Crippen LogP contribution >= 0.6 is 0 Å². The van der Waals surface area contributed by atoms with Crippen LogP contribution in [0.15, 0.2) is 54.6 Å². The second-order valence-electron chi connectivity index (χ2n) is 6.57. The summed E-state index contributed by atoms with van der Waals surface area (Å²) in [4.78, 5) is 14.2. The summed E-state index contributed by atoms with van der Waals surface area (Å²) in [6.45, 7) is 3.18. The van der Waals surface area contributed by atoms with E-state index in [1.807, 2.05) is 35.2 Å². The van der Waals surface area contributed by atoms with Gasteiger partial charge in [-0.25, -0.2) is 4.79 Å². The molecule has 1 atom stereocenters. The lowest BCUT2D eigenvalue weighted by atomic mass is 10.1. The Bertz CT molecular complexity index is 770. The summed E-state index contributed by atoms with van der Waals surface area (Å²) in [5.41, 5.74) is 2.70. The summed E-state index contributed by atoms with van der Waals surface area (Å²) < 4.78 is 5.80. The van der Waals surface area contributed by atoms with Crippen molar-refractivity contribution in [2.24, 2.45) is 5.92 Å². The van der Waals surface area contributed by atoms with Gasteiger partial charge in [-0.15, -0.1) is 0 Å². The molecule has 0 radical (unpaired) electrons. The number of rotatable bonds is 6. The summed E-state index contributed by atoms with van der Waals surface area (Å²) in [7, 11) is 0. The van der Waals surface area contributed by atoms with E-state index in [0.29, 0.717) is 31.2 Å². The van der Waals surface area contributed by atoms with Crippen LogP contribution in [-0.2, 0) is 17.9 Å². The molecular formula is C21H23N3O2. The molecule has 5 nitrogen and oxygen atoms in total. The highest BCUT2D eigenvalue weighted by atomic mass is 16.5. The summed E-state index contributed by atoms with van der Waals surface area (Å²) in [5.74, 6) is 0.381. The number of nitrogens with one attached hydrogen (secondary N) is 1. The van der Waals surface area contributed by atoms with Crippen LogP contribution in [-0.4, -0.2) is 30.6 Å². The summed E-state index contributed by atoms with van der Waals surface area (Å²) in [6, 6.07) is 19.5. The van der Waals surface area contributed by atoms with Gasteiger partial charge < -0.3 is 15.0 Å². The van der Waals surface area contributed by atoms with Gasteiger partial charge in [0.25, 0.3) is 0 Å². The summed E-state index contributed by atoms with van der Waals surface area (Å²) >= 11 is 0. The first-order chi connectivity index (χ1) is 12.7. The van der Waals surface area contributed by atoms with Crippen molar-refractivity contribution in [3.05, 3.63) is 71.3 Å². The van der Waals surface area contributed by atoms with Crippen LogP contribution in [0.5, 0.6) is 0 Å². The average molecular weight is 349 g/mol. The van der Waals surface area contributed by atoms with E-state index < -0.39 is 0 Å².